The summed E-state index contributed by atoms with van der Waals surface area (Å²) in [4.78, 5) is 0. The molecule has 0 heterocycles. The molecule has 0 amide bonds. The normalized spacial score (nSPS) is 18.0. The fraction of sp³-hybridized carbons (Fsp3) is 0.909. The van der Waals surface area contributed by atoms with Gasteiger partial charge in [-0.15, -0.1) is 0 Å². The Balaban J connectivity index is 2.74. The molecule has 7 heteroatoms. The quantitative estimate of drug-likeness (QED) is 0.266. The zero-order valence-electron chi connectivity index (χ0n) is 11.0. The lowest BCUT2D eigenvalue weighted by Crippen LogP contribution is -2.57. The van der Waals surface area contributed by atoms with Crippen molar-refractivity contribution in [3.8, 4) is 0 Å². The summed E-state index contributed by atoms with van der Waals surface area (Å²) in [5.41, 5.74) is 4.65. The van der Waals surface area contributed by atoms with Crippen LogP contribution in [0.5, 0.6) is 0 Å². The predicted octanol–water partition coefficient (Wildman–Crippen LogP) is 1.01. The monoisotopic (exact) mass is 277 g/mol. The van der Waals surface area contributed by atoms with Crippen molar-refractivity contribution in [2.75, 3.05) is 5.75 Å². The van der Waals surface area contributed by atoms with Gasteiger partial charge in [0.2, 0.25) is 10.0 Å². The van der Waals surface area contributed by atoms with E-state index >= 15 is 0 Å². The van der Waals surface area contributed by atoms with Crippen LogP contribution in [0.1, 0.15) is 46.0 Å². The van der Waals surface area contributed by atoms with Gasteiger partial charge in [0, 0.05) is 0 Å². The van der Waals surface area contributed by atoms with Crippen LogP contribution in [0, 0.1) is 5.92 Å². The number of hydrogen-bond donors (Lipinski definition) is 3. The van der Waals surface area contributed by atoms with Crippen LogP contribution in [0.25, 0.3) is 0 Å². The lowest BCUT2D eigenvalue weighted by Gasteiger charge is -2.30. The second kappa shape index (κ2) is 5.88. The van der Waals surface area contributed by atoms with Crippen LogP contribution in [-0.2, 0) is 10.0 Å². The van der Waals surface area contributed by atoms with Crippen molar-refractivity contribution in [1.82, 2.24) is 4.72 Å². The fourth-order valence-electron chi connectivity index (χ4n) is 1.98. The van der Waals surface area contributed by atoms with Crippen molar-refractivity contribution >= 4 is 15.9 Å². The third kappa shape index (κ3) is 3.84. The molecular formula is C11H23N3O3S. The van der Waals surface area contributed by atoms with E-state index in [1.807, 2.05) is 13.8 Å². The number of nitrogens with one attached hydrogen (secondary N) is 1. The standard InChI is InChI=1S/C11H23N3O3S/c1-3-11(4-2,10(12)13-15)14-18(16,17)8-7-9-5-6-9/h9,14-15H,3-8H2,1-2H3,(H2,12,13). The molecule has 0 atom stereocenters. The molecule has 4 N–H and O–H groups in total. The summed E-state index contributed by atoms with van der Waals surface area (Å²) < 4.78 is 26.6. The Hall–Kier alpha value is -0.820. The van der Waals surface area contributed by atoms with E-state index < -0.39 is 15.6 Å². The van der Waals surface area contributed by atoms with E-state index in [0.29, 0.717) is 25.2 Å². The maximum absolute atomic E-state index is 12.0. The van der Waals surface area contributed by atoms with Gasteiger partial charge in [0.25, 0.3) is 0 Å². The number of sulfonamides is 1. The predicted molar refractivity (Wildman–Crippen MR) is 71.0 cm³/mol. The molecule has 0 unspecified atom stereocenters. The molecule has 0 saturated heterocycles. The number of nitrogens with two attached hydrogens (primary N) is 1. The van der Waals surface area contributed by atoms with Crippen molar-refractivity contribution < 1.29 is 13.6 Å². The van der Waals surface area contributed by atoms with Gasteiger partial charge in [-0.05, 0) is 25.2 Å². The minimum absolute atomic E-state index is 0.0810. The summed E-state index contributed by atoms with van der Waals surface area (Å²) in [6.07, 6.45) is 3.84. The molecule has 6 nitrogen and oxygen atoms in total. The first-order valence-electron chi connectivity index (χ1n) is 6.38. The van der Waals surface area contributed by atoms with Gasteiger partial charge in [-0.25, -0.2) is 13.1 Å². The largest absolute Gasteiger partial charge is 0.409 e. The molecule has 0 aliphatic heterocycles. The van der Waals surface area contributed by atoms with Crippen molar-refractivity contribution in [3.05, 3.63) is 0 Å². The zero-order chi connectivity index (χ0) is 13.8. The minimum Gasteiger partial charge on any atom is -0.409 e. The van der Waals surface area contributed by atoms with Crippen LogP contribution < -0.4 is 10.5 Å². The summed E-state index contributed by atoms with van der Waals surface area (Å²) in [6.45, 7) is 3.62. The first-order valence-corrected chi connectivity index (χ1v) is 8.04. The van der Waals surface area contributed by atoms with E-state index in [-0.39, 0.29) is 11.6 Å². The molecule has 0 aromatic heterocycles. The molecule has 106 valence electrons. The van der Waals surface area contributed by atoms with Crippen LogP contribution in [0.3, 0.4) is 0 Å². The zero-order valence-corrected chi connectivity index (χ0v) is 11.8. The highest BCUT2D eigenvalue weighted by Crippen LogP contribution is 2.32. The Morgan fingerprint density at radius 2 is 2.00 bits per heavy atom. The molecule has 1 aliphatic carbocycles. The highest BCUT2D eigenvalue weighted by atomic mass is 32.2. The van der Waals surface area contributed by atoms with Gasteiger partial charge in [-0.1, -0.05) is 31.8 Å². The van der Waals surface area contributed by atoms with Gasteiger partial charge in [-0.3, -0.25) is 0 Å². The Bertz CT molecular complexity index is 398. The maximum atomic E-state index is 12.0. The van der Waals surface area contributed by atoms with Gasteiger partial charge in [-0.2, -0.15) is 0 Å². The van der Waals surface area contributed by atoms with Crippen molar-refractivity contribution in [1.29, 1.82) is 0 Å². The summed E-state index contributed by atoms with van der Waals surface area (Å²) in [5.74, 6) is 0.587. The van der Waals surface area contributed by atoms with Gasteiger partial charge in [0.1, 0.15) is 0 Å². The summed E-state index contributed by atoms with van der Waals surface area (Å²) in [7, 11) is -3.40. The van der Waals surface area contributed by atoms with Crippen LogP contribution in [0.2, 0.25) is 0 Å². The van der Waals surface area contributed by atoms with E-state index in [1.165, 1.54) is 0 Å². The number of rotatable bonds is 8. The van der Waals surface area contributed by atoms with Crippen molar-refractivity contribution in [2.45, 2.75) is 51.5 Å². The molecule has 0 aromatic rings. The molecule has 1 saturated carbocycles. The van der Waals surface area contributed by atoms with Gasteiger partial charge in [0.15, 0.2) is 5.84 Å². The topological polar surface area (TPSA) is 105 Å². The van der Waals surface area contributed by atoms with Crippen molar-refractivity contribution in [2.24, 2.45) is 16.8 Å². The van der Waals surface area contributed by atoms with Crippen LogP contribution >= 0.6 is 0 Å². The Kier molecular flexibility index (Phi) is 4.98. The molecular weight excluding hydrogens is 254 g/mol. The molecule has 0 radical (unpaired) electrons. The lowest BCUT2D eigenvalue weighted by molar-refractivity contribution is 0.307. The van der Waals surface area contributed by atoms with Gasteiger partial charge in [0.05, 0.1) is 11.3 Å². The molecule has 1 fully saturated rings. The fourth-order valence-corrected chi connectivity index (χ4v) is 3.72. The van der Waals surface area contributed by atoms with E-state index in [9.17, 15) is 8.42 Å². The molecule has 0 spiro atoms. The van der Waals surface area contributed by atoms with Crippen LogP contribution in [-0.4, -0.2) is 30.8 Å². The summed E-state index contributed by atoms with van der Waals surface area (Å²) in [5, 5.41) is 11.7. The first-order chi connectivity index (χ1) is 8.39. The average molecular weight is 277 g/mol. The smallest absolute Gasteiger partial charge is 0.212 e. The molecule has 1 aliphatic rings. The average Bonchev–Trinajstić information content (AvgIpc) is 3.17. The SMILES string of the molecule is CCC(CC)(NS(=O)(=O)CCC1CC1)C(N)=NO. The summed E-state index contributed by atoms with van der Waals surface area (Å²) in [6, 6.07) is 0. The van der Waals surface area contributed by atoms with Gasteiger partial charge < -0.3 is 10.9 Å². The molecule has 0 bridgehead atoms. The lowest BCUT2D eigenvalue weighted by atomic mass is 9.93. The molecule has 0 aromatic carbocycles. The third-order valence-corrected chi connectivity index (χ3v) is 5.12. The Morgan fingerprint density at radius 1 is 1.44 bits per heavy atom. The Morgan fingerprint density at radius 3 is 2.39 bits per heavy atom. The maximum Gasteiger partial charge on any atom is 0.212 e. The van der Waals surface area contributed by atoms with Crippen LogP contribution in [0.15, 0.2) is 5.16 Å². The van der Waals surface area contributed by atoms with E-state index in [4.69, 9.17) is 10.9 Å². The molecule has 18 heavy (non-hydrogen) atoms. The minimum atomic E-state index is -3.40. The second-order valence-corrected chi connectivity index (χ2v) is 6.77. The second-order valence-electron chi connectivity index (χ2n) is 4.93. The number of nitrogens with zero attached hydrogens (tertiary/aromatic N) is 1. The summed E-state index contributed by atoms with van der Waals surface area (Å²) >= 11 is 0. The van der Waals surface area contributed by atoms with E-state index in [2.05, 4.69) is 9.88 Å². The highest BCUT2D eigenvalue weighted by Gasteiger charge is 2.36. The number of hydrogen-bond acceptors (Lipinski definition) is 4. The van der Waals surface area contributed by atoms with E-state index in [1.54, 1.807) is 0 Å². The van der Waals surface area contributed by atoms with Gasteiger partial charge >= 0.3 is 0 Å². The van der Waals surface area contributed by atoms with Crippen LogP contribution in [0.4, 0.5) is 0 Å². The number of oxime groups is 1. The first kappa shape index (κ1) is 15.2. The molecule has 1 rings (SSSR count). The van der Waals surface area contributed by atoms with E-state index in [0.717, 1.165) is 12.8 Å². The van der Waals surface area contributed by atoms with Crippen molar-refractivity contribution in [3.63, 3.8) is 0 Å². The Labute approximate surface area is 109 Å². The third-order valence-electron chi connectivity index (χ3n) is 3.65. The number of amidine groups is 1. The highest BCUT2D eigenvalue weighted by molar-refractivity contribution is 7.89.